The Balaban J connectivity index is 0. The van der Waals surface area contributed by atoms with Gasteiger partial charge < -0.3 is 24.4 Å². The lowest BCUT2D eigenvalue weighted by molar-refractivity contribution is 0.00688. The summed E-state index contributed by atoms with van der Waals surface area (Å²) in [6, 6.07) is 0. The van der Waals surface area contributed by atoms with Gasteiger partial charge in [-0.1, -0.05) is 25.7 Å². The summed E-state index contributed by atoms with van der Waals surface area (Å²) in [6.07, 6.45) is -1.25. The monoisotopic (exact) mass is 360 g/mol. The third-order valence-corrected chi connectivity index (χ3v) is 2.59. The Morgan fingerprint density at radius 2 is 1.12 bits per heavy atom. The molecule has 0 saturated carbocycles. The van der Waals surface area contributed by atoms with Crippen LogP contribution < -0.4 is 0 Å². The molecule has 7 heteroatoms. The van der Waals surface area contributed by atoms with Gasteiger partial charge in [0, 0.05) is 0 Å². The van der Waals surface area contributed by atoms with E-state index >= 15 is 0 Å². The number of rotatable bonds is 4. The van der Waals surface area contributed by atoms with Crippen LogP contribution in [0.3, 0.4) is 0 Å². The van der Waals surface area contributed by atoms with Gasteiger partial charge in [0.15, 0.2) is 0 Å². The van der Waals surface area contributed by atoms with E-state index in [0.717, 1.165) is 0 Å². The first-order valence-corrected chi connectivity index (χ1v) is 8.28. The van der Waals surface area contributed by atoms with Crippen molar-refractivity contribution in [2.24, 2.45) is 0 Å². The minimum absolute atomic E-state index is 0.270. The maximum atomic E-state index is 10.9. The van der Waals surface area contributed by atoms with Crippen LogP contribution in [0, 0.1) is 11.8 Å². The fourth-order valence-corrected chi connectivity index (χ4v) is 0.917. The fourth-order valence-electron chi connectivity index (χ4n) is 0.917. The van der Waals surface area contributed by atoms with Crippen molar-refractivity contribution in [1.29, 1.82) is 0 Å². The lowest BCUT2D eigenvalue weighted by atomic mass is 10.1. The molecule has 0 rings (SSSR count). The number of aliphatic hydroxyl groups is 2. The molecule has 0 bridgehead atoms. The van der Waals surface area contributed by atoms with E-state index in [1.807, 2.05) is 13.8 Å². The predicted molar refractivity (Wildman–Crippen MR) is 93.9 cm³/mol. The summed E-state index contributed by atoms with van der Waals surface area (Å²) in [6.45, 7) is 13.4. The SMILES string of the molecule is CC(C)(O)C#CC(C)(C)O.CCC(C)OC(=O)OC(=O)OC(C)CC. The van der Waals surface area contributed by atoms with Crippen LogP contribution in [0.2, 0.25) is 0 Å². The second-order valence-electron chi connectivity index (χ2n) is 6.64. The average Bonchev–Trinajstić information content (AvgIpc) is 2.43. The van der Waals surface area contributed by atoms with Gasteiger partial charge in [0.2, 0.25) is 0 Å². The Bertz CT molecular complexity index is 421. The van der Waals surface area contributed by atoms with E-state index in [-0.39, 0.29) is 12.2 Å². The van der Waals surface area contributed by atoms with E-state index in [1.165, 1.54) is 0 Å². The standard InChI is InChI=1S/C10H18O5.C8H14O2/c1-5-7(3)13-9(11)15-10(12)14-8(4)6-2;1-7(2,9)5-6-8(3,4)10/h7-8H,5-6H2,1-4H3;9-10H,1-4H3. The molecule has 0 aromatic heterocycles. The van der Waals surface area contributed by atoms with Gasteiger partial charge in [-0.3, -0.25) is 0 Å². The zero-order valence-corrected chi connectivity index (χ0v) is 16.5. The molecule has 2 unspecified atom stereocenters. The molecule has 0 aromatic carbocycles. The normalized spacial score (nSPS) is 13.2. The summed E-state index contributed by atoms with van der Waals surface area (Å²) in [5.74, 6) is 5.03. The van der Waals surface area contributed by atoms with Crippen molar-refractivity contribution in [2.75, 3.05) is 0 Å². The summed E-state index contributed by atoms with van der Waals surface area (Å²) in [5, 5.41) is 18.2. The summed E-state index contributed by atoms with van der Waals surface area (Å²) < 4.78 is 13.7. The molecule has 0 amide bonds. The number of carbonyl (C=O) groups is 2. The highest BCUT2D eigenvalue weighted by Gasteiger charge is 2.17. The van der Waals surface area contributed by atoms with Gasteiger partial charge in [-0.2, -0.15) is 0 Å². The highest BCUT2D eigenvalue weighted by molar-refractivity contribution is 5.77. The van der Waals surface area contributed by atoms with Gasteiger partial charge in [0.25, 0.3) is 0 Å². The largest absolute Gasteiger partial charge is 0.518 e. The molecule has 0 aliphatic carbocycles. The topological polar surface area (TPSA) is 102 Å². The zero-order valence-electron chi connectivity index (χ0n) is 16.5. The van der Waals surface area contributed by atoms with Gasteiger partial charge >= 0.3 is 12.3 Å². The molecular weight excluding hydrogens is 328 g/mol. The van der Waals surface area contributed by atoms with Crippen LogP contribution in [0.15, 0.2) is 0 Å². The Kier molecular flexibility index (Phi) is 11.9. The second kappa shape index (κ2) is 11.7. The second-order valence-corrected chi connectivity index (χ2v) is 6.64. The van der Waals surface area contributed by atoms with Crippen LogP contribution in [0.4, 0.5) is 9.59 Å². The van der Waals surface area contributed by atoms with E-state index in [9.17, 15) is 9.59 Å². The molecule has 7 nitrogen and oxygen atoms in total. The van der Waals surface area contributed by atoms with E-state index < -0.39 is 23.5 Å². The van der Waals surface area contributed by atoms with E-state index in [0.29, 0.717) is 12.8 Å². The maximum Gasteiger partial charge on any atom is 0.518 e. The van der Waals surface area contributed by atoms with Gasteiger partial charge in [-0.05, 0) is 54.4 Å². The molecule has 0 spiro atoms. The third-order valence-electron chi connectivity index (χ3n) is 2.59. The average molecular weight is 360 g/mol. The quantitative estimate of drug-likeness (QED) is 0.450. The minimum Gasteiger partial charge on any atom is -0.431 e. The molecule has 146 valence electrons. The predicted octanol–water partition coefficient (Wildman–Crippen LogP) is 3.40. The fraction of sp³-hybridized carbons (Fsp3) is 0.778. The first kappa shape index (κ1) is 25.5. The third kappa shape index (κ3) is 20.2. The molecule has 2 atom stereocenters. The molecule has 0 aliphatic heterocycles. The summed E-state index contributed by atoms with van der Waals surface area (Å²) in [7, 11) is 0. The molecule has 0 aromatic rings. The Labute approximate surface area is 150 Å². The van der Waals surface area contributed by atoms with Crippen LogP contribution in [0.25, 0.3) is 0 Å². The first-order valence-electron chi connectivity index (χ1n) is 8.28. The van der Waals surface area contributed by atoms with Crippen molar-refractivity contribution >= 4 is 12.3 Å². The van der Waals surface area contributed by atoms with Crippen molar-refractivity contribution in [3.63, 3.8) is 0 Å². The Morgan fingerprint density at radius 1 is 0.840 bits per heavy atom. The smallest absolute Gasteiger partial charge is 0.431 e. The van der Waals surface area contributed by atoms with Crippen LogP contribution in [-0.2, 0) is 14.2 Å². The van der Waals surface area contributed by atoms with Crippen LogP contribution in [0.1, 0.15) is 68.2 Å². The summed E-state index contributed by atoms with van der Waals surface area (Å²) in [4.78, 5) is 21.9. The van der Waals surface area contributed by atoms with E-state index in [1.54, 1.807) is 41.5 Å². The van der Waals surface area contributed by atoms with Crippen LogP contribution in [0.5, 0.6) is 0 Å². The molecule has 0 heterocycles. The highest BCUT2D eigenvalue weighted by Crippen LogP contribution is 2.03. The van der Waals surface area contributed by atoms with Crippen molar-refractivity contribution in [2.45, 2.75) is 91.6 Å². The molecular formula is C18H32O7. The van der Waals surface area contributed by atoms with Crippen LogP contribution >= 0.6 is 0 Å². The summed E-state index contributed by atoms with van der Waals surface area (Å²) >= 11 is 0. The van der Waals surface area contributed by atoms with Crippen molar-refractivity contribution < 1.29 is 34.0 Å². The molecule has 0 aliphatic rings. The number of hydrogen-bond donors (Lipinski definition) is 2. The molecule has 0 saturated heterocycles. The van der Waals surface area contributed by atoms with E-state index in [4.69, 9.17) is 19.7 Å². The van der Waals surface area contributed by atoms with Crippen molar-refractivity contribution in [3.05, 3.63) is 0 Å². The number of ether oxygens (including phenoxy) is 3. The van der Waals surface area contributed by atoms with Crippen molar-refractivity contribution in [1.82, 2.24) is 0 Å². The van der Waals surface area contributed by atoms with Crippen LogP contribution in [-0.4, -0.2) is 45.9 Å². The molecule has 0 fully saturated rings. The summed E-state index contributed by atoms with van der Waals surface area (Å²) in [5.41, 5.74) is -2.03. The lowest BCUT2D eigenvalue weighted by Crippen LogP contribution is -2.22. The molecule has 2 N–H and O–H groups in total. The van der Waals surface area contributed by atoms with E-state index in [2.05, 4.69) is 16.6 Å². The minimum atomic E-state index is -1.02. The van der Waals surface area contributed by atoms with Gasteiger partial charge in [0.05, 0.1) is 0 Å². The first-order chi connectivity index (χ1) is 11.2. The number of hydrogen-bond acceptors (Lipinski definition) is 7. The molecule has 25 heavy (non-hydrogen) atoms. The van der Waals surface area contributed by atoms with Gasteiger partial charge in [-0.15, -0.1) is 0 Å². The lowest BCUT2D eigenvalue weighted by Gasteiger charge is -2.12. The zero-order chi connectivity index (χ0) is 20.3. The van der Waals surface area contributed by atoms with Gasteiger partial charge in [-0.25, -0.2) is 9.59 Å². The van der Waals surface area contributed by atoms with Gasteiger partial charge in [0.1, 0.15) is 23.4 Å². The maximum absolute atomic E-state index is 10.9. The Morgan fingerprint density at radius 3 is 1.32 bits per heavy atom. The molecule has 0 radical (unpaired) electrons. The number of carbonyl (C=O) groups excluding carboxylic acids is 2. The Hall–Kier alpha value is -1.78. The highest BCUT2D eigenvalue weighted by atomic mass is 16.8. The van der Waals surface area contributed by atoms with Crippen molar-refractivity contribution in [3.8, 4) is 11.8 Å².